The van der Waals surface area contributed by atoms with E-state index in [1.54, 1.807) is 0 Å². The summed E-state index contributed by atoms with van der Waals surface area (Å²) in [6.45, 7) is 3.79. The summed E-state index contributed by atoms with van der Waals surface area (Å²) in [6.07, 6.45) is 11.8. The van der Waals surface area contributed by atoms with E-state index >= 15 is 0 Å². The zero-order valence-electron chi connectivity index (χ0n) is 11.2. The molecule has 1 unspecified atom stereocenters. The average molecular weight is 372 g/mol. The molecule has 0 amide bonds. The number of hydrogen-bond acceptors (Lipinski definition) is 2. The maximum atomic E-state index is 12.3. The van der Waals surface area contributed by atoms with E-state index < -0.39 is 0 Å². The minimum Gasteiger partial charge on any atom is -0.360 e. The highest BCUT2D eigenvalue weighted by molar-refractivity contribution is 14.1. The van der Waals surface area contributed by atoms with E-state index in [0.717, 1.165) is 23.7 Å². The van der Waals surface area contributed by atoms with Crippen molar-refractivity contribution in [2.24, 2.45) is 11.8 Å². The second-order valence-electron chi connectivity index (χ2n) is 6.26. The highest BCUT2D eigenvalue weighted by Gasteiger charge is 2.57. The lowest BCUT2D eigenvalue weighted by Gasteiger charge is -2.34. The van der Waals surface area contributed by atoms with Crippen LogP contribution in [0.5, 0.6) is 0 Å². The molecule has 19 heavy (non-hydrogen) atoms. The lowest BCUT2D eigenvalue weighted by Crippen LogP contribution is -2.38. The summed E-state index contributed by atoms with van der Waals surface area (Å²) in [4.78, 5) is 12.3. The SMILES string of the molecule is C=CCC[C@]12C=C[C@@]3(CC[C@@H](CI)C3CC(=O)C1)O2. The minimum absolute atomic E-state index is 0.136. The highest BCUT2D eigenvalue weighted by Crippen LogP contribution is 2.55. The molecule has 0 N–H and O–H groups in total. The smallest absolute Gasteiger partial charge is 0.136 e. The van der Waals surface area contributed by atoms with E-state index in [1.807, 2.05) is 6.08 Å². The van der Waals surface area contributed by atoms with Gasteiger partial charge >= 0.3 is 0 Å². The largest absolute Gasteiger partial charge is 0.360 e. The molecule has 2 fully saturated rings. The third kappa shape index (κ3) is 2.23. The maximum absolute atomic E-state index is 12.3. The van der Waals surface area contributed by atoms with Gasteiger partial charge in [-0.1, -0.05) is 40.8 Å². The van der Waals surface area contributed by atoms with Gasteiger partial charge in [0.1, 0.15) is 5.78 Å². The number of allylic oxidation sites excluding steroid dienone is 1. The molecule has 0 aromatic rings. The van der Waals surface area contributed by atoms with Crippen molar-refractivity contribution in [1.82, 2.24) is 0 Å². The average Bonchev–Trinajstić information content (AvgIpc) is 2.87. The molecule has 1 saturated carbocycles. The zero-order chi connectivity index (χ0) is 13.5. The quantitative estimate of drug-likeness (QED) is 0.426. The molecule has 0 aromatic heterocycles. The van der Waals surface area contributed by atoms with Crippen LogP contribution in [0.1, 0.15) is 38.5 Å². The molecule has 0 radical (unpaired) electrons. The monoisotopic (exact) mass is 372 g/mol. The molecule has 1 spiro atoms. The standard InChI is InChI=1S/C16H21IO2/c1-2-3-5-15-7-8-16(19-15)6-4-12(11-17)14(16)9-13(18)10-15/h2,7-8,12,14H,1,3-6,9-11H2/t12-,14?,15-,16+/m0/s1. The molecular formula is C16H21IO2. The van der Waals surface area contributed by atoms with Crippen LogP contribution in [0.15, 0.2) is 24.8 Å². The van der Waals surface area contributed by atoms with Crippen LogP contribution in [0.4, 0.5) is 0 Å². The molecule has 1 aliphatic carbocycles. The van der Waals surface area contributed by atoms with Crippen LogP contribution >= 0.6 is 22.6 Å². The summed E-state index contributed by atoms with van der Waals surface area (Å²) in [5.41, 5.74) is -0.469. The molecule has 3 heteroatoms. The van der Waals surface area contributed by atoms with Crippen LogP contribution in [0, 0.1) is 11.8 Å². The Balaban J connectivity index is 1.90. The van der Waals surface area contributed by atoms with E-state index in [0.29, 0.717) is 30.5 Å². The fraction of sp³-hybridized carbons (Fsp3) is 0.688. The normalized spacial score (nSPS) is 44.2. The fourth-order valence-corrected chi connectivity index (χ4v) is 5.16. The van der Waals surface area contributed by atoms with E-state index in [2.05, 4.69) is 41.3 Å². The predicted molar refractivity (Wildman–Crippen MR) is 84.5 cm³/mol. The van der Waals surface area contributed by atoms with Crippen LogP contribution < -0.4 is 0 Å². The minimum atomic E-state index is -0.333. The van der Waals surface area contributed by atoms with Gasteiger partial charge in [-0.25, -0.2) is 0 Å². The Hall–Kier alpha value is -0.160. The first kappa shape index (κ1) is 13.8. The van der Waals surface area contributed by atoms with Gasteiger partial charge in [0.15, 0.2) is 0 Å². The third-order valence-corrected chi connectivity index (χ3v) is 6.21. The summed E-state index contributed by atoms with van der Waals surface area (Å²) < 4.78 is 7.68. The Kier molecular flexibility index (Phi) is 3.63. The van der Waals surface area contributed by atoms with Gasteiger partial charge in [0.05, 0.1) is 11.2 Å². The van der Waals surface area contributed by atoms with Crippen LogP contribution in [0.25, 0.3) is 0 Å². The molecule has 1 saturated heterocycles. The van der Waals surface area contributed by atoms with Gasteiger partial charge in [-0.3, -0.25) is 4.79 Å². The van der Waals surface area contributed by atoms with Crippen LogP contribution in [0.2, 0.25) is 0 Å². The predicted octanol–water partition coefficient (Wildman–Crippen LogP) is 3.84. The molecule has 0 aromatic carbocycles. The van der Waals surface area contributed by atoms with Gasteiger partial charge in [-0.2, -0.15) is 0 Å². The number of ether oxygens (including phenoxy) is 1. The number of hydrogen-bond donors (Lipinski definition) is 0. The number of rotatable bonds is 4. The van der Waals surface area contributed by atoms with Gasteiger partial charge in [0.25, 0.3) is 0 Å². The van der Waals surface area contributed by atoms with Gasteiger partial charge < -0.3 is 4.74 Å². The lowest BCUT2D eigenvalue weighted by atomic mass is 9.80. The third-order valence-electron chi connectivity index (χ3n) is 5.08. The molecule has 104 valence electrons. The van der Waals surface area contributed by atoms with Crippen LogP contribution in [-0.4, -0.2) is 21.4 Å². The molecular weight excluding hydrogens is 351 g/mol. The lowest BCUT2D eigenvalue weighted by molar-refractivity contribution is -0.124. The first-order valence-corrected chi connectivity index (χ1v) is 8.75. The number of Topliss-reactive ketones (excluding diaryl/α,β-unsaturated/α-hetero) is 1. The molecule has 3 rings (SSSR count). The highest BCUT2D eigenvalue weighted by atomic mass is 127. The van der Waals surface area contributed by atoms with E-state index in [1.165, 1.54) is 6.42 Å². The number of alkyl halides is 1. The second-order valence-corrected chi connectivity index (χ2v) is 7.14. The molecule has 2 heterocycles. The van der Waals surface area contributed by atoms with Crippen molar-refractivity contribution in [3.8, 4) is 0 Å². The topological polar surface area (TPSA) is 26.3 Å². The maximum Gasteiger partial charge on any atom is 0.136 e. The molecule has 2 nitrogen and oxygen atoms in total. The van der Waals surface area contributed by atoms with Gasteiger partial charge in [-0.05, 0) is 31.6 Å². The van der Waals surface area contributed by atoms with E-state index in [-0.39, 0.29) is 11.2 Å². The van der Waals surface area contributed by atoms with Gasteiger partial charge in [0.2, 0.25) is 0 Å². The molecule has 3 aliphatic rings. The van der Waals surface area contributed by atoms with Gasteiger partial charge in [-0.15, -0.1) is 6.58 Å². The molecule has 2 aliphatic heterocycles. The fourth-order valence-electron chi connectivity index (χ4n) is 4.11. The van der Waals surface area contributed by atoms with Crippen molar-refractivity contribution in [2.75, 3.05) is 4.43 Å². The van der Waals surface area contributed by atoms with Gasteiger partial charge in [0, 0.05) is 23.2 Å². The Morgan fingerprint density at radius 2 is 2.37 bits per heavy atom. The van der Waals surface area contributed by atoms with E-state index in [9.17, 15) is 4.79 Å². The first-order valence-electron chi connectivity index (χ1n) is 7.22. The number of carbonyl (C=O) groups excluding carboxylic acids is 1. The van der Waals surface area contributed by atoms with Crippen molar-refractivity contribution in [3.05, 3.63) is 24.8 Å². The molecule has 2 bridgehead atoms. The summed E-state index contributed by atoms with van der Waals surface area (Å²) in [7, 11) is 0. The summed E-state index contributed by atoms with van der Waals surface area (Å²) in [6, 6.07) is 0. The number of carbonyl (C=O) groups is 1. The number of halogens is 1. The Bertz CT molecular complexity index is 430. The van der Waals surface area contributed by atoms with Crippen molar-refractivity contribution in [2.45, 2.75) is 49.7 Å². The molecule has 4 atom stereocenters. The van der Waals surface area contributed by atoms with Crippen molar-refractivity contribution in [1.29, 1.82) is 0 Å². The second kappa shape index (κ2) is 4.99. The first-order chi connectivity index (χ1) is 9.13. The van der Waals surface area contributed by atoms with Crippen molar-refractivity contribution in [3.63, 3.8) is 0 Å². The van der Waals surface area contributed by atoms with Crippen LogP contribution in [-0.2, 0) is 9.53 Å². The summed E-state index contributed by atoms with van der Waals surface area (Å²) in [5.74, 6) is 1.43. The van der Waals surface area contributed by atoms with Crippen molar-refractivity contribution >= 4 is 28.4 Å². The number of ketones is 1. The Morgan fingerprint density at radius 3 is 3.11 bits per heavy atom. The summed E-state index contributed by atoms with van der Waals surface area (Å²) in [5, 5.41) is 0. The Morgan fingerprint density at radius 1 is 1.53 bits per heavy atom. The van der Waals surface area contributed by atoms with Crippen molar-refractivity contribution < 1.29 is 9.53 Å². The zero-order valence-corrected chi connectivity index (χ0v) is 13.4. The number of fused-ring (bicyclic) bond motifs is 1. The van der Waals surface area contributed by atoms with Crippen LogP contribution in [0.3, 0.4) is 0 Å². The van der Waals surface area contributed by atoms with E-state index in [4.69, 9.17) is 4.74 Å². The Labute approximate surface area is 128 Å². The summed E-state index contributed by atoms with van der Waals surface area (Å²) >= 11 is 2.46.